The molecular formula is C9H7NOS. The summed E-state index contributed by atoms with van der Waals surface area (Å²) in [4.78, 5) is 13.9. The predicted molar refractivity (Wildman–Crippen MR) is 50.4 cm³/mol. The normalized spacial score (nSPS) is 10.0. The monoisotopic (exact) mass is 177 g/mol. The van der Waals surface area contributed by atoms with Gasteiger partial charge in [-0.3, -0.25) is 4.79 Å². The van der Waals surface area contributed by atoms with Crippen LogP contribution in [0.25, 0.3) is 11.1 Å². The van der Waals surface area contributed by atoms with Crippen molar-refractivity contribution in [3.05, 3.63) is 45.5 Å². The Morgan fingerprint density at radius 1 is 1.33 bits per heavy atom. The van der Waals surface area contributed by atoms with Crippen LogP contribution in [0.15, 0.2) is 40.0 Å². The highest BCUT2D eigenvalue weighted by Crippen LogP contribution is 2.17. The van der Waals surface area contributed by atoms with Gasteiger partial charge in [-0.1, -0.05) is 0 Å². The number of thiophene rings is 1. The molecule has 2 heterocycles. The zero-order chi connectivity index (χ0) is 8.39. The summed E-state index contributed by atoms with van der Waals surface area (Å²) in [6.07, 6.45) is 1.64. The molecule has 0 aliphatic heterocycles. The molecule has 0 amide bonds. The van der Waals surface area contributed by atoms with Crippen LogP contribution in [0, 0.1) is 0 Å². The molecule has 0 bridgehead atoms. The van der Waals surface area contributed by atoms with Gasteiger partial charge in [0.25, 0.3) is 5.56 Å². The summed E-state index contributed by atoms with van der Waals surface area (Å²) in [5.41, 5.74) is 1.69. The number of hydrogen-bond acceptors (Lipinski definition) is 2. The average Bonchev–Trinajstić information content (AvgIpc) is 2.57. The molecule has 0 spiro atoms. The Hall–Kier alpha value is -1.35. The van der Waals surface area contributed by atoms with Crippen LogP contribution in [0.5, 0.6) is 0 Å². The standard InChI is InChI=1S/C9H7NOS/c11-9-8(2-1-4-10-9)7-3-5-12-6-7/h1-6H,(H,10,11). The molecule has 0 atom stereocenters. The van der Waals surface area contributed by atoms with Crippen molar-refractivity contribution >= 4 is 11.3 Å². The first kappa shape index (κ1) is 7.31. The van der Waals surface area contributed by atoms with E-state index in [4.69, 9.17) is 0 Å². The summed E-state index contributed by atoms with van der Waals surface area (Å²) in [6, 6.07) is 5.59. The van der Waals surface area contributed by atoms with Crippen molar-refractivity contribution in [1.29, 1.82) is 0 Å². The van der Waals surface area contributed by atoms with E-state index in [0.717, 1.165) is 11.1 Å². The molecule has 0 unspecified atom stereocenters. The van der Waals surface area contributed by atoms with Gasteiger partial charge in [-0.2, -0.15) is 11.3 Å². The largest absolute Gasteiger partial charge is 0.329 e. The first-order chi connectivity index (χ1) is 5.88. The fourth-order valence-corrected chi connectivity index (χ4v) is 1.72. The molecule has 0 radical (unpaired) electrons. The van der Waals surface area contributed by atoms with E-state index in [1.165, 1.54) is 0 Å². The van der Waals surface area contributed by atoms with Crippen molar-refractivity contribution in [2.24, 2.45) is 0 Å². The van der Waals surface area contributed by atoms with Gasteiger partial charge in [0.15, 0.2) is 0 Å². The average molecular weight is 177 g/mol. The molecule has 2 nitrogen and oxygen atoms in total. The van der Waals surface area contributed by atoms with Gasteiger partial charge in [0, 0.05) is 11.8 Å². The third-order valence-electron chi connectivity index (χ3n) is 1.65. The molecule has 2 aromatic rings. The molecule has 0 aliphatic carbocycles. The maximum atomic E-state index is 11.3. The number of H-pyrrole nitrogens is 1. The van der Waals surface area contributed by atoms with Crippen molar-refractivity contribution in [2.75, 3.05) is 0 Å². The summed E-state index contributed by atoms with van der Waals surface area (Å²) in [6.45, 7) is 0. The topological polar surface area (TPSA) is 32.9 Å². The minimum absolute atomic E-state index is 0.0316. The first-order valence-electron chi connectivity index (χ1n) is 3.58. The van der Waals surface area contributed by atoms with Crippen LogP contribution in [0.1, 0.15) is 0 Å². The van der Waals surface area contributed by atoms with E-state index < -0.39 is 0 Å². The summed E-state index contributed by atoms with van der Waals surface area (Å²) in [5, 5.41) is 3.92. The van der Waals surface area contributed by atoms with Crippen molar-refractivity contribution in [3.63, 3.8) is 0 Å². The van der Waals surface area contributed by atoms with Crippen LogP contribution in [0.2, 0.25) is 0 Å². The second kappa shape index (κ2) is 2.95. The van der Waals surface area contributed by atoms with Crippen LogP contribution in [-0.2, 0) is 0 Å². The van der Waals surface area contributed by atoms with Crippen LogP contribution in [0.4, 0.5) is 0 Å². The van der Waals surface area contributed by atoms with Gasteiger partial charge in [-0.25, -0.2) is 0 Å². The first-order valence-corrected chi connectivity index (χ1v) is 4.52. The molecule has 2 rings (SSSR count). The number of aromatic amines is 1. The Morgan fingerprint density at radius 2 is 2.25 bits per heavy atom. The van der Waals surface area contributed by atoms with Crippen molar-refractivity contribution in [1.82, 2.24) is 4.98 Å². The third-order valence-corrected chi connectivity index (χ3v) is 2.33. The zero-order valence-corrected chi connectivity index (χ0v) is 7.10. The fourth-order valence-electron chi connectivity index (χ4n) is 1.07. The lowest BCUT2D eigenvalue weighted by Crippen LogP contribution is -2.05. The molecule has 0 saturated carbocycles. The SMILES string of the molecule is O=c1[nH]cccc1-c1ccsc1. The fraction of sp³-hybridized carbons (Fsp3) is 0. The van der Waals surface area contributed by atoms with Gasteiger partial charge < -0.3 is 4.98 Å². The van der Waals surface area contributed by atoms with E-state index in [0.29, 0.717) is 0 Å². The van der Waals surface area contributed by atoms with Crippen LogP contribution in [-0.4, -0.2) is 4.98 Å². The lowest BCUT2D eigenvalue weighted by atomic mass is 10.1. The van der Waals surface area contributed by atoms with Crippen molar-refractivity contribution in [3.8, 4) is 11.1 Å². The Balaban J connectivity index is 2.63. The van der Waals surface area contributed by atoms with Crippen molar-refractivity contribution in [2.45, 2.75) is 0 Å². The van der Waals surface area contributed by atoms with Gasteiger partial charge in [0.2, 0.25) is 0 Å². The summed E-state index contributed by atoms with van der Waals surface area (Å²) in [5.74, 6) is 0. The molecule has 1 N–H and O–H groups in total. The van der Waals surface area contributed by atoms with E-state index in [-0.39, 0.29) is 5.56 Å². The molecule has 0 aliphatic rings. The summed E-state index contributed by atoms with van der Waals surface area (Å²) >= 11 is 1.59. The second-order valence-corrected chi connectivity index (χ2v) is 3.20. The predicted octanol–water partition coefficient (Wildman–Crippen LogP) is 2.10. The molecule has 0 saturated heterocycles. The van der Waals surface area contributed by atoms with Gasteiger partial charge in [-0.15, -0.1) is 0 Å². The van der Waals surface area contributed by atoms with E-state index >= 15 is 0 Å². The number of nitrogens with one attached hydrogen (secondary N) is 1. The lowest BCUT2D eigenvalue weighted by Gasteiger charge is -1.93. The van der Waals surface area contributed by atoms with Crippen LogP contribution in [0.3, 0.4) is 0 Å². The highest BCUT2D eigenvalue weighted by atomic mass is 32.1. The van der Waals surface area contributed by atoms with Gasteiger partial charge >= 0.3 is 0 Å². The highest BCUT2D eigenvalue weighted by molar-refractivity contribution is 7.08. The van der Waals surface area contributed by atoms with Gasteiger partial charge in [0.05, 0.1) is 0 Å². The van der Waals surface area contributed by atoms with Crippen LogP contribution < -0.4 is 5.56 Å². The number of pyridine rings is 1. The van der Waals surface area contributed by atoms with Crippen LogP contribution >= 0.6 is 11.3 Å². The molecule has 3 heteroatoms. The maximum absolute atomic E-state index is 11.3. The summed E-state index contributed by atoms with van der Waals surface area (Å²) in [7, 11) is 0. The molecule has 0 aromatic carbocycles. The van der Waals surface area contributed by atoms with Gasteiger partial charge in [-0.05, 0) is 34.5 Å². The lowest BCUT2D eigenvalue weighted by molar-refractivity contribution is 1.24. The van der Waals surface area contributed by atoms with Gasteiger partial charge in [0.1, 0.15) is 0 Å². The third kappa shape index (κ3) is 1.19. The second-order valence-electron chi connectivity index (χ2n) is 2.42. The molecular weight excluding hydrogens is 170 g/mol. The number of hydrogen-bond donors (Lipinski definition) is 1. The minimum atomic E-state index is -0.0316. The number of aromatic nitrogens is 1. The quantitative estimate of drug-likeness (QED) is 0.711. The Morgan fingerprint density at radius 3 is 2.92 bits per heavy atom. The molecule has 0 fully saturated rings. The highest BCUT2D eigenvalue weighted by Gasteiger charge is 2.00. The van der Waals surface area contributed by atoms with E-state index in [2.05, 4.69) is 4.98 Å². The summed E-state index contributed by atoms with van der Waals surface area (Å²) < 4.78 is 0. The van der Waals surface area contributed by atoms with E-state index in [1.54, 1.807) is 17.5 Å². The Bertz CT molecular complexity index is 416. The smallest absolute Gasteiger partial charge is 0.255 e. The van der Waals surface area contributed by atoms with Crippen molar-refractivity contribution < 1.29 is 0 Å². The van der Waals surface area contributed by atoms with E-state index in [9.17, 15) is 4.79 Å². The Kier molecular flexibility index (Phi) is 1.80. The maximum Gasteiger partial charge on any atom is 0.255 e. The molecule has 60 valence electrons. The minimum Gasteiger partial charge on any atom is -0.329 e. The molecule has 12 heavy (non-hydrogen) atoms. The number of rotatable bonds is 1. The molecule has 2 aromatic heterocycles. The van der Waals surface area contributed by atoms with E-state index in [1.807, 2.05) is 29.0 Å². The Labute approximate surface area is 73.5 Å². The zero-order valence-electron chi connectivity index (χ0n) is 6.28.